The molecule has 1 heterocycles. The van der Waals surface area contributed by atoms with Gasteiger partial charge in [-0.15, -0.1) is 0 Å². The van der Waals surface area contributed by atoms with Gasteiger partial charge >= 0.3 is 0 Å². The number of para-hydroxylation sites is 2. The van der Waals surface area contributed by atoms with Crippen molar-refractivity contribution in [1.82, 2.24) is 0 Å². The Hall–Kier alpha value is -1.51. The Bertz CT molecular complexity index is 449. The molecule has 1 amide bonds. The standard InChI is InChI=1S/C14H18N2O/c1-16-12-8-4-3-7-11(12)15-13(17)14(16)9-5-2-6-10-14/h3-4,7-8H,2,5-6,9-10H2,1H3,(H,15,17). The second kappa shape index (κ2) is 3.76. The number of amides is 1. The summed E-state index contributed by atoms with van der Waals surface area (Å²) in [5.74, 6) is 0.179. The van der Waals surface area contributed by atoms with Crippen LogP contribution in [0, 0.1) is 0 Å². The third kappa shape index (κ3) is 1.45. The van der Waals surface area contributed by atoms with Crippen LogP contribution < -0.4 is 10.2 Å². The van der Waals surface area contributed by atoms with Crippen LogP contribution in [0.4, 0.5) is 11.4 Å². The molecule has 17 heavy (non-hydrogen) atoms. The molecule has 1 fully saturated rings. The summed E-state index contributed by atoms with van der Waals surface area (Å²) in [6.07, 6.45) is 5.51. The highest BCUT2D eigenvalue weighted by atomic mass is 16.2. The molecule has 0 bridgehead atoms. The molecule has 1 aliphatic heterocycles. The molecule has 2 aliphatic rings. The van der Waals surface area contributed by atoms with Crippen molar-refractivity contribution in [3.8, 4) is 0 Å². The smallest absolute Gasteiger partial charge is 0.250 e. The number of hydrogen-bond donors (Lipinski definition) is 1. The van der Waals surface area contributed by atoms with Crippen LogP contribution in [0.1, 0.15) is 32.1 Å². The molecule has 1 aromatic carbocycles. The van der Waals surface area contributed by atoms with Crippen molar-refractivity contribution in [3.63, 3.8) is 0 Å². The van der Waals surface area contributed by atoms with Crippen molar-refractivity contribution < 1.29 is 4.79 Å². The Kier molecular flexibility index (Phi) is 2.35. The number of nitrogens with one attached hydrogen (secondary N) is 1. The zero-order chi connectivity index (χ0) is 11.9. The SMILES string of the molecule is CN1c2ccccc2NC(=O)C12CCCCC2. The number of likely N-dealkylation sites (N-methyl/N-ethyl adjacent to an activating group) is 1. The van der Waals surface area contributed by atoms with Gasteiger partial charge in [0.05, 0.1) is 11.4 Å². The average Bonchev–Trinajstić information content (AvgIpc) is 2.38. The number of nitrogens with zero attached hydrogens (tertiary/aromatic N) is 1. The van der Waals surface area contributed by atoms with E-state index < -0.39 is 0 Å². The highest BCUT2D eigenvalue weighted by molar-refractivity contribution is 6.06. The maximum absolute atomic E-state index is 12.4. The van der Waals surface area contributed by atoms with Gasteiger partial charge in [-0.25, -0.2) is 0 Å². The van der Waals surface area contributed by atoms with Gasteiger partial charge in [0.25, 0.3) is 0 Å². The molecule has 3 rings (SSSR count). The summed E-state index contributed by atoms with van der Waals surface area (Å²) in [6.45, 7) is 0. The first-order valence-corrected chi connectivity index (χ1v) is 6.38. The summed E-state index contributed by atoms with van der Waals surface area (Å²) in [5.41, 5.74) is 1.79. The summed E-state index contributed by atoms with van der Waals surface area (Å²) < 4.78 is 0. The summed E-state index contributed by atoms with van der Waals surface area (Å²) in [5, 5.41) is 3.07. The van der Waals surface area contributed by atoms with Crippen LogP contribution >= 0.6 is 0 Å². The molecule has 0 saturated heterocycles. The molecule has 3 heteroatoms. The molecule has 1 saturated carbocycles. The molecule has 0 unspecified atom stereocenters. The third-order valence-corrected chi connectivity index (χ3v) is 4.26. The average molecular weight is 230 g/mol. The van der Waals surface area contributed by atoms with Gasteiger partial charge in [0.2, 0.25) is 5.91 Å². The molecule has 0 radical (unpaired) electrons. The predicted octanol–water partition coefficient (Wildman–Crippen LogP) is 2.78. The van der Waals surface area contributed by atoms with Gasteiger partial charge < -0.3 is 10.2 Å². The fourth-order valence-electron chi connectivity index (χ4n) is 3.19. The normalized spacial score (nSPS) is 22.2. The molecule has 90 valence electrons. The Morgan fingerprint density at radius 3 is 2.65 bits per heavy atom. The molecule has 1 aliphatic carbocycles. The van der Waals surface area contributed by atoms with Gasteiger partial charge in [0.15, 0.2) is 0 Å². The van der Waals surface area contributed by atoms with E-state index in [4.69, 9.17) is 0 Å². The van der Waals surface area contributed by atoms with E-state index in [1.54, 1.807) is 0 Å². The van der Waals surface area contributed by atoms with E-state index in [2.05, 4.69) is 23.3 Å². The van der Waals surface area contributed by atoms with Crippen LogP contribution in [0.3, 0.4) is 0 Å². The van der Waals surface area contributed by atoms with Gasteiger partial charge in [0, 0.05) is 7.05 Å². The lowest BCUT2D eigenvalue weighted by molar-refractivity contribution is -0.122. The monoisotopic (exact) mass is 230 g/mol. The molecule has 0 aromatic heterocycles. The molecule has 3 nitrogen and oxygen atoms in total. The van der Waals surface area contributed by atoms with Crippen molar-refractivity contribution in [1.29, 1.82) is 0 Å². The fourth-order valence-corrected chi connectivity index (χ4v) is 3.19. The summed E-state index contributed by atoms with van der Waals surface area (Å²) >= 11 is 0. The Morgan fingerprint density at radius 1 is 1.18 bits per heavy atom. The number of anilines is 2. The highest BCUT2D eigenvalue weighted by Crippen LogP contribution is 2.42. The van der Waals surface area contributed by atoms with E-state index in [0.717, 1.165) is 37.1 Å². The zero-order valence-corrected chi connectivity index (χ0v) is 10.2. The van der Waals surface area contributed by atoms with Crippen molar-refractivity contribution in [2.24, 2.45) is 0 Å². The first-order valence-electron chi connectivity index (χ1n) is 6.38. The minimum absolute atomic E-state index is 0.179. The molecule has 1 N–H and O–H groups in total. The largest absolute Gasteiger partial charge is 0.359 e. The minimum Gasteiger partial charge on any atom is -0.359 e. The van der Waals surface area contributed by atoms with Gasteiger partial charge in [0.1, 0.15) is 5.54 Å². The summed E-state index contributed by atoms with van der Waals surface area (Å²) in [4.78, 5) is 14.6. The molecule has 0 atom stereocenters. The Labute approximate surface area is 102 Å². The number of rotatable bonds is 0. The van der Waals surface area contributed by atoms with Crippen LogP contribution in [-0.4, -0.2) is 18.5 Å². The zero-order valence-electron chi connectivity index (χ0n) is 10.2. The fraction of sp³-hybridized carbons (Fsp3) is 0.500. The van der Waals surface area contributed by atoms with Crippen molar-refractivity contribution >= 4 is 17.3 Å². The number of benzene rings is 1. The van der Waals surface area contributed by atoms with Gasteiger partial charge in [-0.05, 0) is 25.0 Å². The highest BCUT2D eigenvalue weighted by Gasteiger charge is 2.46. The number of carbonyl (C=O) groups excluding carboxylic acids is 1. The first kappa shape index (κ1) is 10.6. The molecular weight excluding hydrogens is 212 g/mol. The van der Waals surface area contributed by atoms with E-state index in [9.17, 15) is 4.79 Å². The van der Waals surface area contributed by atoms with Crippen LogP contribution in [-0.2, 0) is 4.79 Å². The van der Waals surface area contributed by atoms with Crippen molar-refractivity contribution in [2.45, 2.75) is 37.6 Å². The lowest BCUT2D eigenvalue weighted by atomic mass is 9.78. The van der Waals surface area contributed by atoms with Crippen LogP contribution in [0.15, 0.2) is 24.3 Å². The van der Waals surface area contributed by atoms with E-state index >= 15 is 0 Å². The van der Waals surface area contributed by atoms with E-state index in [1.807, 2.05) is 18.2 Å². The maximum Gasteiger partial charge on any atom is 0.250 e. The number of fused-ring (bicyclic) bond motifs is 1. The van der Waals surface area contributed by atoms with Crippen LogP contribution in [0.25, 0.3) is 0 Å². The second-order valence-corrected chi connectivity index (χ2v) is 5.12. The Balaban J connectivity index is 2.05. The lowest BCUT2D eigenvalue weighted by Gasteiger charge is -2.48. The Morgan fingerprint density at radius 2 is 1.88 bits per heavy atom. The van der Waals surface area contributed by atoms with Gasteiger partial charge in [-0.3, -0.25) is 4.79 Å². The number of hydrogen-bond acceptors (Lipinski definition) is 2. The van der Waals surface area contributed by atoms with E-state index in [-0.39, 0.29) is 11.4 Å². The van der Waals surface area contributed by atoms with Crippen molar-refractivity contribution in [3.05, 3.63) is 24.3 Å². The van der Waals surface area contributed by atoms with Crippen LogP contribution in [0.5, 0.6) is 0 Å². The third-order valence-electron chi connectivity index (χ3n) is 4.26. The van der Waals surface area contributed by atoms with Crippen LogP contribution in [0.2, 0.25) is 0 Å². The lowest BCUT2D eigenvalue weighted by Crippen LogP contribution is -2.59. The molecule has 1 spiro atoms. The van der Waals surface area contributed by atoms with E-state index in [0.29, 0.717) is 0 Å². The first-order chi connectivity index (χ1) is 8.24. The molecule has 1 aromatic rings. The predicted molar refractivity (Wildman–Crippen MR) is 69.3 cm³/mol. The molecular formula is C14H18N2O. The summed E-state index contributed by atoms with van der Waals surface area (Å²) in [7, 11) is 2.06. The van der Waals surface area contributed by atoms with Crippen molar-refractivity contribution in [2.75, 3.05) is 17.3 Å². The maximum atomic E-state index is 12.4. The number of carbonyl (C=O) groups is 1. The minimum atomic E-state index is -0.299. The topological polar surface area (TPSA) is 32.3 Å². The van der Waals surface area contributed by atoms with Gasteiger partial charge in [-0.1, -0.05) is 31.4 Å². The van der Waals surface area contributed by atoms with E-state index in [1.165, 1.54) is 6.42 Å². The second-order valence-electron chi connectivity index (χ2n) is 5.12. The summed E-state index contributed by atoms with van der Waals surface area (Å²) in [6, 6.07) is 8.06. The quantitative estimate of drug-likeness (QED) is 0.743. The van der Waals surface area contributed by atoms with Gasteiger partial charge in [-0.2, -0.15) is 0 Å².